The first kappa shape index (κ1) is 29.2. The van der Waals surface area contributed by atoms with E-state index in [1.54, 1.807) is 0 Å². The number of anilines is 2. The van der Waals surface area contributed by atoms with Crippen LogP contribution in [0.2, 0.25) is 0 Å². The fourth-order valence-electron chi connectivity index (χ4n) is 5.32. The summed E-state index contributed by atoms with van der Waals surface area (Å²) in [5, 5.41) is 22.3. The Labute approximate surface area is 245 Å². The molecule has 4 aromatic rings. The van der Waals surface area contributed by atoms with Crippen molar-refractivity contribution in [3.8, 4) is 0 Å². The van der Waals surface area contributed by atoms with Gasteiger partial charge < -0.3 is 35.7 Å². The van der Waals surface area contributed by atoms with Gasteiger partial charge in [0.2, 0.25) is 5.95 Å². The van der Waals surface area contributed by atoms with Crippen LogP contribution in [0.25, 0.3) is 22.3 Å². The Morgan fingerprint density at radius 2 is 1.70 bits per heavy atom. The topological polar surface area (TPSA) is 289 Å². The quantitative estimate of drug-likeness (QED) is 0.161. The van der Waals surface area contributed by atoms with Crippen LogP contribution in [0.15, 0.2) is 23.8 Å². The number of nitrogens with one attached hydrogen (secondary N) is 1. The van der Waals surface area contributed by atoms with E-state index in [2.05, 4.69) is 29.9 Å². The number of hydrogen-bond acceptors (Lipinski definition) is 18. The molecule has 3 fully saturated rings. The summed E-state index contributed by atoms with van der Waals surface area (Å²) in [6.07, 6.45) is -6.61. The Bertz CT molecular complexity index is 1870. The van der Waals surface area contributed by atoms with E-state index in [0.29, 0.717) is 0 Å². The molecule has 44 heavy (non-hydrogen) atoms. The van der Waals surface area contributed by atoms with Gasteiger partial charge >= 0.3 is 15.9 Å². The van der Waals surface area contributed by atoms with E-state index < -0.39 is 83.7 Å². The number of H-pyrrole nitrogens is 1. The van der Waals surface area contributed by atoms with Gasteiger partial charge in [-0.2, -0.15) is 4.98 Å². The molecule has 7 N–H and O–H groups in total. The van der Waals surface area contributed by atoms with Crippen molar-refractivity contribution in [1.82, 2.24) is 39.0 Å². The molecule has 0 saturated carbocycles. The van der Waals surface area contributed by atoms with Crippen molar-refractivity contribution < 1.29 is 46.9 Å². The van der Waals surface area contributed by atoms with E-state index in [9.17, 15) is 24.1 Å². The number of ether oxygens (including phenoxy) is 2. The lowest BCUT2D eigenvalue weighted by Gasteiger charge is -2.26. The van der Waals surface area contributed by atoms with E-state index in [0.717, 1.165) is 6.66 Å². The monoisotopic (exact) mass is 655 g/mol. The van der Waals surface area contributed by atoms with Crippen molar-refractivity contribution >= 4 is 49.9 Å². The highest BCUT2D eigenvalue weighted by Gasteiger charge is 2.54. The summed E-state index contributed by atoms with van der Waals surface area (Å²) >= 11 is 0. The van der Waals surface area contributed by atoms with Gasteiger partial charge in [0, 0.05) is 11.2 Å². The lowest BCUT2D eigenvalue weighted by molar-refractivity contribution is -0.0582. The van der Waals surface area contributed by atoms with E-state index in [4.69, 9.17) is 39.0 Å². The molecule has 0 aliphatic carbocycles. The van der Waals surface area contributed by atoms with Crippen molar-refractivity contribution in [3.63, 3.8) is 0 Å². The highest BCUT2D eigenvalue weighted by atomic mass is 31.2. The maximum absolute atomic E-state index is 13.6. The Hall–Kier alpha value is -3.49. The average Bonchev–Trinajstić information content (AvgIpc) is 3.72. The number of rotatable bonds is 2. The normalized spacial score (nSPS) is 35.8. The number of aliphatic hydroxyl groups is 2. The molecule has 8 unspecified atom stereocenters. The first-order valence-corrected chi connectivity index (χ1v) is 16.1. The first-order valence-electron chi connectivity index (χ1n) is 13.0. The van der Waals surface area contributed by atoms with Crippen molar-refractivity contribution in [1.29, 1.82) is 0 Å². The Morgan fingerprint density at radius 3 is 2.50 bits per heavy atom. The van der Waals surface area contributed by atoms with Crippen LogP contribution in [0, 0.1) is 0 Å². The molecule has 3 aliphatic heterocycles. The number of nitrogens with two attached hydrogens (primary N) is 2. The summed E-state index contributed by atoms with van der Waals surface area (Å²) in [6.45, 7) is 0.207. The third kappa shape index (κ3) is 4.96. The highest BCUT2D eigenvalue weighted by Crippen LogP contribution is 2.51. The molecular formula is C21H25N10O11P2+. The fourth-order valence-corrected chi connectivity index (χ4v) is 7.26. The van der Waals surface area contributed by atoms with Crippen LogP contribution in [-0.2, 0) is 36.7 Å². The van der Waals surface area contributed by atoms with E-state index >= 15 is 0 Å². The van der Waals surface area contributed by atoms with E-state index in [1.165, 1.54) is 28.1 Å². The summed E-state index contributed by atoms with van der Waals surface area (Å²) in [6, 6.07) is 0. The third-order valence-corrected chi connectivity index (χ3v) is 9.37. The number of nitrogens with zero attached hydrogens (tertiary/aromatic N) is 7. The van der Waals surface area contributed by atoms with Gasteiger partial charge in [-0.1, -0.05) is 0 Å². The van der Waals surface area contributed by atoms with Crippen LogP contribution >= 0.6 is 15.9 Å². The number of fused-ring (bicyclic) bond motifs is 5. The minimum absolute atomic E-state index is 0.00211. The zero-order chi connectivity index (χ0) is 30.9. The van der Waals surface area contributed by atoms with Gasteiger partial charge in [-0.05, 0) is 0 Å². The second kappa shape index (κ2) is 10.8. The lowest BCUT2D eigenvalue weighted by Crippen LogP contribution is -2.35. The molecule has 0 amide bonds. The summed E-state index contributed by atoms with van der Waals surface area (Å²) < 4.78 is 63.5. The zero-order valence-electron chi connectivity index (χ0n) is 22.5. The van der Waals surface area contributed by atoms with E-state index in [-0.39, 0.29) is 34.1 Å². The maximum atomic E-state index is 13.6. The summed E-state index contributed by atoms with van der Waals surface area (Å²) in [5.74, 6) is -0.0943. The van der Waals surface area contributed by atoms with Gasteiger partial charge in [-0.15, -0.1) is 9.05 Å². The van der Waals surface area contributed by atoms with Gasteiger partial charge in [0.1, 0.15) is 49.0 Å². The fraction of sp³-hybridized carbons (Fsp3) is 0.524. The molecule has 10 atom stereocenters. The number of hydrogen-bond donors (Lipinski definition) is 5. The van der Waals surface area contributed by atoms with Gasteiger partial charge in [0.25, 0.3) is 5.56 Å². The number of aromatic nitrogens is 8. The van der Waals surface area contributed by atoms with Crippen molar-refractivity contribution in [2.24, 2.45) is 0 Å². The molecule has 0 aromatic carbocycles. The maximum Gasteiger partial charge on any atom is 0.697 e. The van der Waals surface area contributed by atoms with Crippen molar-refractivity contribution in [2.45, 2.75) is 49.1 Å². The SMILES string of the molecule is C[P@]1(=O)OCC2OC(n3cnc4c(N)ncnc43)C(O)C2O[P+](=O)OCC2O[C@@H](n3cnc4c(=O)[nH]c(N)nc43)C(O1)C2O. The van der Waals surface area contributed by atoms with Crippen LogP contribution in [0.1, 0.15) is 12.5 Å². The number of aliphatic hydroxyl groups excluding tert-OH is 2. The Balaban J connectivity index is 1.18. The zero-order valence-corrected chi connectivity index (χ0v) is 24.3. The minimum Gasteiger partial charge on any atom is -0.387 e. The van der Waals surface area contributed by atoms with Crippen LogP contribution in [0.5, 0.6) is 0 Å². The number of nitrogen functional groups attached to an aromatic ring is 2. The predicted octanol–water partition coefficient (Wildman–Crippen LogP) is -1.06. The van der Waals surface area contributed by atoms with E-state index in [1.807, 2.05) is 0 Å². The Morgan fingerprint density at radius 1 is 0.977 bits per heavy atom. The number of imidazole rings is 2. The van der Waals surface area contributed by atoms with Crippen LogP contribution in [-0.4, -0.2) is 106 Å². The predicted molar refractivity (Wildman–Crippen MR) is 145 cm³/mol. The second-order valence-corrected chi connectivity index (χ2v) is 13.1. The Kier molecular flexibility index (Phi) is 7.20. The molecule has 7 rings (SSSR count). The molecule has 21 nitrogen and oxygen atoms in total. The molecule has 2 bridgehead atoms. The largest absolute Gasteiger partial charge is 0.697 e. The molecule has 4 aromatic heterocycles. The summed E-state index contributed by atoms with van der Waals surface area (Å²) in [4.78, 5) is 35.0. The van der Waals surface area contributed by atoms with Crippen molar-refractivity contribution in [3.05, 3.63) is 29.3 Å². The van der Waals surface area contributed by atoms with Crippen LogP contribution < -0.4 is 17.0 Å². The summed E-state index contributed by atoms with van der Waals surface area (Å²) in [7, 11) is -6.97. The van der Waals surface area contributed by atoms with Gasteiger partial charge in [-0.25, -0.2) is 19.9 Å². The number of aromatic amines is 1. The van der Waals surface area contributed by atoms with Gasteiger partial charge in [-0.3, -0.25) is 28.0 Å². The van der Waals surface area contributed by atoms with Gasteiger partial charge in [0.15, 0.2) is 41.2 Å². The minimum atomic E-state index is -4.04. The second-order valence-electron chi connectivity index (χ2n) is 10.2. The van der Waals surface area contributed by atoms with Gasteiger partial charge in [0.05, 0.1) is 19.3 Å². The molecule has 23 heteroatoms. The molecule has 3 aliphatic rings. The average molecular weight is 655 g/mol. The molecule has 234 valence electrons. The molecule has 7 heterocycles. The smallest absolute Gasteiger partial charge is 0.387 e. The summed E-state index contributed by atoms with van der Waals surface area (Å²) in [5.41, 5.74) is 11.4. The third-order valence-electron chi connectivity index (χ3n) is 7.35. The van der Waals surface area contributed by atoms with Crippen molar-refractivity contribution in [2.75, 3.05) is 31.3 Å². The highest BCUT2D eigenvalue weighted by molar-refractivity contribution is 7.53. The van der Waals surface area contributed by atoms with Crippen LogP contribution in [0.4, 0.5) is 11.8 Å². The molecule has 0 radical (unpaired) electrons. The molecule has 0 spiro atoms. The first-order chi connectivity index (χ1) is 21.0. The molecule has 3 saturated heterocycles. The standard InChI is InChI=1S/C21H24N10O11P2/c1-44(36)38-3-8-13(12(33)19(40-8)30-5-26-9-15(22)24-4-25-16(9)30)41-43(35)37-2-7-11(32)14(42-44)20(39-7)31-6-27-10-17(31)28-21(23)29-18(10)34/h4-8,11-14,19-20,32-33H,2-3H2,1H3,(H4-,22,23,24,25,28,29,34)/p+1/t7?,8?,11?,12?,13?,14?,19?,20-,44+/m1/s1. The van der Waals surface area contributed by atoms with Crippen LogP contribution in [0.3, 0.4) is 0 Å². The molecular weight excluding hydrogens is 630 g/mol. The lowest BCUT2D eigenvalue weighted by atomic mass is 10.1.